The molecule has 0 radical (unpaired) electrons. The van der Waals surface area contributed by atoms with Crippen molar-refractivity contribution >= 4 is 39.1 Å². The van der Waals surface area contributed by atoms with Crippen molar-refractivity contribution in [2.24, 2.45) is 4.99 Å². The summed E-state index contributed by atoms with van der Waals surface area (Å²) in [6, 6.07) is 10.1. The molecular formula is C17H17N3O5S2. The number of benzene rings is 1. The van der Waals surface area contributed by atoms with Gasteiger partial charge in [-0.05, 0) is 30.5 Å². The van der Waals surface area contributed by atoms with Crippen molar-refractivity contribution in [2.45, 2.75) is 24.5 Å². The Labute approximate surface area is 160 Å². The van der Waals surface area contributed by atoms with Gasteiger partial charge in [0.1, 0.15) is 12.4 Å². The summed E-state index contributed by atoms with van der Waals surface area (Å²) in [5.41, 5.74) is 0.395. The first-order chi connectivity index (χ1) is 12.9. The zero-order valence-corrected chi connectivity index (χ0v) is 16.0. The monoisotopic (exact) mass is 407 g/mol. The fourth-order valence-electron chi connectivity index (χ4n) is 2.41. The number of hydrogen-bond acceptors (Lipinski definition) is 7. The minimum Gasteiger partial charge on any atom is -0.451 e. The predicted octanol–water partition coefficient (Wildman–Crippen LogP) is 1.03. The van der Waals surface area contributed by atoms with Gasteiger partial charge in [0, 0.05) is 10.4 Å². The molecule has 0 aliphatic carbocycles. The number of aliphatic imine (C=N–C) groups is 1. The molecule has 1 aromatic heterocycles. The van der Waals surface area contributed by atoms with E-state index in [2.05, 4.69) is 15.0 Å². The fraction of sp³-hybridized carbons (Fsp3) is 0.235. The molecule has 0 saturated carbocycles. The van der Waals surface area contributed by atoms with Gasteiger partial charge in [0.15, 0.2) is 6.10 Å². The molecule has 27 heavy (non-hydrogen) atoms. The standard InChI is InChI=1S/C17H17N3O5S2/c1-11(17(22)19-9-12-5-4-8-26-12)25-15(21)10-18-16-13-6-2-3-7-14(13)27(23,24)20-16/h2-8,11H,9-10H2,1H3,(H,18,20)(H,19,22). The molecule has 3 rings (SSSR count). The zero-order chi connectivity index (χ0) is 19.4. The zero-order valence-electron chi connectivity index (χ0n) is 14.3. The normalized spacial score (nSPS) is 17.0. The van der Waals surface area contributed by atoms with Gasteiger partial charge in [0.05, 0.1) is 11.4 Å². The second-order valence-electron chi connectivity index (χ2n) is 5.70. The Balaban J connectivity index is 1.55. The molecule has 0 spiro atoms. The van der Waals surface area contributed by atoms with Crippen molar-refractivity contribution in [1.82, 2.24) is 10.0 Å². The molecule has 2 aromatic rings. The van der Waals surface area contributed by atoms with Gasteiger partial charge in [-0.15, -0.1) is 11.3 Å². The van der Waals surface area contributed by atoms with E-state index in [1.807, 2.05) is 17.5 Å². The van der Waals surface area contributed by atoms with Crippen LogP contribution in [-0.2, 0) is 30.9 Å². The summed E-state index contributed by atoms with van der Waals surface area (Å²) in [5.74, 6) is -1.07. The van der Waals surface area contributed by atoms with Gasteiger partial charge in [-0.2, -0.15) is 0 Å². The van der Waals surface area contributed by atoms with E-state index in [1.54, 1.807) is 18.2 Å². The number of nitrogens with zero attached hydrogens (tertiary/aromatic N) is 1. The van der Waals surface area contributed by atoms with Crippen molar-refractivity contribution in [3.05, 3.63) is 52.2 Å². The molecule has 1 atom stereocenters. The van der Waals surface area contributed by atoms with Crippen molar-refractivity contribution in [3.63, 3.8) is 0 Å². The maximum atomic E-state index is 12.0. The number of amidine groups is 1. The van der Waals surface area contributed by atoms with Crippen LogP contribution in [0.3, 0.4) is 0 Å². The van der Waals surface area contributed by atoms with E-state index in [-0.39, 0.29) is 10.7 Å². The maximum Gasteiger partial charge on any atom is 0.328 e. The number of thiophene rings is 1. The number of nitrogens with one attached hydrogen (secondary N) is 2. The van der Waals surface area contributed by atoms with Crippen LogP contribution < -0.4 is 10.0 Å². The van der Waals surface area contributed by atoms with Crippen LogP contribution in [0, 0.1) is 0 Å². The second-order valence-corrected chi connectivity index (χ2v) is 8.38. The number of amides is 1. The van der Waals surface area contributed by atoms with Crippen molar-refractivity contribution in [3.8, 4) is 0 Å². The lowest BCUT2D eigenvalue weighted by Gasteiger charge is -2.12. The number of sulfonamides is 1. The first kappa shape index (κ1) is 19.1. The van der Waals surface area contributed by atoms with Gasteiger partial charge < -0.3 is 10.1 Å². The van der Waals surface area contributed by atoms with Gasteiger partial charge in [-0.1, -0.05) is 18.2 Å². The second kappa shape index (κ2) is 7.89. The smallest absolute Gasteiger partial charge is 0.328 e. The average Bonchev–Trinajstić information content (AvgIpc) is 3.24. The highest BCUT2D eigenvalue weighted by atomic mass is 32.2. The molecule has 1 aromatic carbocycles. The van der Waals surface area contributed by atoms with Crippen LogP contribution in [0.25, 0.3) is 0 Å². The number of esters is 1. The lowest BCUT2D eigenvalue weighted by atomic mass is 10.2. The van der Waals surface area contributed by atoms with Crippen molar-refractivity contribution in [2.75, 3.05) is 6.54 Å². The third kappa shape index (κ3) is 4.52. The Hall–Kier alpha value is -2.72. The molecule has 1 aliphatic heterocycles. The first-order valence-corrected chi connectivity index (χ1v) is 10.4. The molecule has 2 N–H and O–H groups in total. The minimum absolute atomic E-state index is 0.0809. The number of hydrogen-bond donors (Lipinski definition) is 2. The van der Waals surface area contributed by atoms with Crippen molar-refractivity contribution < 1.29 is 22.7 Å². The molecule has 0 saturated heterocycles. The van der Waals surface area contributed by atoms with E-state index in [9.17, 15) is 18.0 Å². The van der Waals surface area contributed by atoms with E-state index in [0.717, 1.165) is 4.88 Å². The number of carbonyl (C=O) groups is 2. The van der Waals surface area contributed by atoms with Crippen LogP contribution in [0.1, 0.15) is 17.4 Å². The topological polar surface area (TPSA) is 114 Å². The number of rotatable bonds is 6. The number of ether oxygens (including phenoxy) is 1. The maximum absolute atomic E-state index is 12.0. The lowest BCUT2D eigenvalue weighted by molar-refractivity contribution is -0.153. The third-order valence-electron chi connectivity index (χ3n) is 3.72. The van der Waals surface area contributed by atoms with Crippen LogP contribution in [0.2, 0.25) is 0 Å². The summed E-state index contributed by atoms with van der Waals surface area (Å²) in [7, 11) is -3.66. The van der Waals surface area contributed by atoms with Crippen LogP contribution in [0.5, 0.6) is 0 Å². The molecule has 0 fully saturated rings. The molecular weight excluding hydrogens is 390 g/mol. The summed E-state index contributed by atoms with van der Waals surface area (Å²) in [6.07, 6.45) is -0.981. The van der Waals surface area contributed by atoms with E-state index in [0.29, 0.717) is 12.1 Å². The van der Waals surface area contributed by atoms with Gasteiger partial charge >= 0.3 is 5.97 Å². The van der Waals surface area contributed by atoms with Crippen LogP contribution in [-0.4, -0.2) is 38.8 Å². The first-order valence-electron chi connectivity index (χ1n) is 8.03. The Bertz CT molecular complexity index is 984. The SMILES string of the molecule is CC(OC(=O)CN=C1NS(=O)(=O)c2ccccc21)C(=O)NCc1cccs1. The molecule has 142 valence electrons. The summed E-state index contributed by atoms with van der Waals surface area (Å²) in [6.45, 7) is 1.41. The van der Waals surface area contributed by atoms with Crippen molar-refractivity contribution in [1.29, 1.82) is 0 Å². The highest BCUT2D eigenvalue weighted by molar-refractivity contribution is 7.90. The van der Waals surface area contributed by atoms with E-state index >= 15 is 0 Å². The lowest BCUT2D eigenvalue weighted by Crippen LogP contribution is -2.35. The van der Waals surface area contributed by atoms with Gasteiger partial charge in [0.2, 0.25) is 0 Å². The molecule has 0 bridgehead atoms. The Morgan fingerprint density at radius 1 is 1.26 bits per heavy atom. The average molecular weight is 407 g/mol. The third-order valence-corrected chi connectivity index (χ3v) is 6.00. The molecule has 8 nitrogen and oxygen atoms in total. The molecule has 1 amide bonds. The largest absolute Gasteiger partial charge is 0.451 e. The van der Waals surface area contributed by atoms with E-state index in [1.165, 1.54) is 24.3 Å². The minimum atomic E-state index is -3.66. The highest BCUT2D eigenvalue weighted by Crippen LogP contribution is 2.22. The number of carbonyl (C=O) groups excluding carboxylic acids is 2. The van der Waals surface area contributed by atoms with Gasteiger partial charge in [0.25, 0.3) is 15.9 Å². The van der Waals surface area contributed by atoms with E-state index in [4.69, 9.17) is 4.74 Å². The van der Waals surface area contributed by atoms with Crippen LogP contribution in [0.4, 0.5) is 0 Å². The Morgan fingerprint density at radius 2 is 2.04 bits per heavy atom. The predicted molar refractivity (Wildman–Crippen MR) is 99.9 cm³/mol. The Kier molecular flexibility index (Phi) is 5.57. The van der Waals surface area contributed by atoms with Gasteiger partial charge in [-0.3, -0.25) is 19.3 Å². The highest BCUT2D eigenvalue weighted by Gasteiger charge is 2.30. The summed E-state index contributed by atoms with van der Waals surface area (Å²) < 4.78 is 31.3. The molecule has 1 unspecified atom stereocenters. The van der Waals surface area contributed by atoms with Crippen LogP contribution >= 0.6 is 11.3 Å². The fourth-order valence-corrected chi connectivity index (χ4v) is 4.31. The Morgan fingerprint density at radius 3 is 2.78 bits per heavy atom. The molecule has 10 heteroatoms. The number of fused-ring (bicyclic) bond motifs is 1. The summed E-state index contributed by atoms with van der Waals surface area (Å²) in [5, 5.41) is 4.58. The van der Waals surface area contributed by atoms with Crippen LogP contribution in [0.15, 0.2) is 51.7 Å². The van der Waals surface area contributed by atoms with Gasteiger partial charge in [-0.25, -0.2) is 8.42 Å². The molecule has 1 aliphatic rings. The summed E-state index contributed by atoms with van der Waals surface area (Å²) >= 11 is 1.51. The molecule has 2 heterocycles. The quantitative estimate of drug-likeness (QED) is 0.695. The summed E-state index contributed by atoms with van der Waals surface area (Å²) in [4.78, 5) is 29.0. The van der Waals surface area contributed by atoms with E-state index < -0.39 is 34.5 Å².